The average Bonchev–Trinajstić information content (AvgIpc) is 2.42. The lowest BCUT2D eigenvalue weighted by atomic mass is 9.88. The molecule has 106 valence electrons. The van der Waals surface area contributed by atoms with Gasteiger partial charge in [-0.05, 0) is 64.5 Å². The molecule has 1 heterocycles. The third kappa shape index (κ3) is 4.22. The first-order valence-electron chi connectivity index (χ1n) is 7.72. The van der Waals surface area contributed by atoms with Gasteiger partial charge in [0.1, 0.15) is 0 Å². The number of piperidine rings is 1. The van der Waals surface area contributed by atoms with Crippen molar-refractivity contribution in [1.82, 2.24) is 4.90 Å². The Morgan fingerprint density at radius 3 is 2.56 bits per heavy atom. The summed E-state index contributed by atoms with van der Waals surface area (Å²) in [5.74, 6) is 0.536. The van der Waals surface area contributed by atoms with Gasteiger partial charge in [0.25, 0.3) is 0 Å². The normalized spacial score (nSPS) is 34.7. The fourth-order valence-electron chi connectivity index (χ4n) is 3.36. The SMILES string of the molecule is CN1CCCCC1CCOC1CCC(CO)CC1. The molecule has 2 fully saturated rings. The third-order valence-corrected chi connectivity index (χ3v) is 4.78. The topological polar surface area (TPSA) is 32.7 Å². The van der Waals surface area contributed by atoms with Crippen LogP contribution in [0.1, 0.15) is 51.4 Å². The van der Waals surface area contributed by atoms with Crippen molar-refractivity contribution in [3.63, 3.8) is 0 Å². The predicted octanol–water partition coefficient (Wildman–Crippen LogP) is 2.43. The van der Waals surface area contributed by atoms with Crippen molar-refractivity contribution >= 4 is 0 Å². The predicted molar refractivity (Wildman–Crippen MR) is 73.7 cm³/mol. The van der Waals surface area contributed by atoms with E-state index in [0.717, 1.165) is 38.3 Å². The number of rotatable bonds is 5. The van der Waals surface area contributed by atoms with Gasteiger partial charge in [-0.3, -0.25) is 0 Å². The molecule has 1 N–H and O–H groups in total. The number of nitrogens with zero attached hydrogens (tertiary/aromatic N) is 1. The van der Waals surface area contributed by atoms with Crippen LogP contribution >= 0.6 is 0 Å². The zero-order valence-electron chi connectivity index (χ0n) is 11.8. The number of hydrogen-bond donors (Lipinski definition) is 1. The summed E-state index contributed by atoms with van der Waals surface area (Å²) in [7, 11) is 2.25. The van der Waals surface area contributed by atoms with Crippen molar-refractivity contribution in [3.8, 4) is 0 Å². The quantitative estimate of drug-likeness (QED) is 0.819. The molecule has 0 aromatic rings. The fraction of sp³-hybridized carbons (Fsp3) is 1.00. The summed E-state index contributed by atoms with van der Waals surface area (Å²) in [6.07, 6.45) is 10.3. The van der Waals surface area contributed by atoms with E-state index in [1.165, 1.54) is 32.2 Å². The van der Waals surface area contributed by atoms with Gasteiger partial charge in [0.2, 0.25) is 0 Å². The van der Waals surface area contributed by atoms with E-state index < -0.39 is 0 Å². The molecule has 0 radical (unpaired) electrons. The van der Waals surface area contributed by atoms with E-state index >= 15 is 0 Å². The van der Waals surface area contributed by atoms with Crippen molar-refractivity contribution in [2.75, 3.05) is 26.8 Å². The monoisotopic (exact) mass is 255 g/mol. The Hall–Kier alpha value is -0.120. The molecular weight excluding hydrogens is 226 g/mol. The molecule has 1 saturated heterocycles. The van der Waals surface area contributed by atoms with Crippen LogP contribution in [0.2, 0.25) is 0 Å². The largest absolute Gasteiger partial charge is 0.396 e. The van der Waals surface area contributed by atoms with Crippen LogP contribution in [-0.2, 0) is 4.74 Å². The number of ether oxygens (including phenoxy) is 1. The Morgan fingerprint density at radius 1 is 1.11 bits per heavy atom. The van der Waals surface area contributed by atoms with Gasteiger partial charge < -0.3 is 14.7 Å². The van der Waals surface area contributed by atoms with E-state index in [9.17, 15) is 0 Å². The van der Waals surface area contributed by atoms with Crippen LogP contribution in [0.5, 0.6) is 0 Å². The Kier molecular flexibility index (Phi) is 5.93. The summed E-state index contributed by atoms with van der Waals surface area (Å²) in [5.41, 5.74) is 0. The molecule has 0 amide bonds. The van der Waals surface area contributed by atoms with E-state index in [4.69, 9.17) is 9.84 Å². The van der Waals surface area contributed by atoms with Gasteiger partial charge >= 0.3 is 0 Å². The van der Waals surface area contributed by atoms with Gasteiger partial charge in [0.05, 0.1) is 6.10 Å². The highest BCUT2D eigenvalue weighted by Crippen LogP contribution is 2.26. The van der Waals surface area contributed by atoms with Crippen molar-refractivity contribution in [2.24, 2.45) is 5.92 Å². The minimum atomic E-state index is 0.361. The summed E-state index contributed by atoms with van der Waals surface area (Å²) in [5, 5.41) is 9.11. The molecule has 1 aliphatic heterocycles. The summed E-state index contributed by atoms with van der Waals surface area (Å²) in [4.78, 5) is 2.50. The molecule has 3 nitrogen and oxygen atoms in total. The molecule has 1 atom stereocenters. The van der Waals surface area contributed by atoms with Crippen molar-refractivity contribution < 1.29 is 9.84 Å². The molecule has 0 aromatic heterocycles. The summed E-state index contributed by atoms with van der Waals surface area (Å²) >= 11 is 0. The van der Waals surface area contributed by atoms with Crippen LogP contribution in [0.15, 0.2) is 0 Å². The van der Waals surface area contributed by atoms with Crippen molar-refractivity contribution in [1.29, 1.82) is 0 Å². The smallest absolute Gasteiger partial charge is 0.0575 e. The van der Waals surface area contributed by atoms with E-state index in [-0.39, 0.29) is 0 Å². The van der Waals surface area contributed by atoms with Crippen molar-refractivity contribution in [3.05, 3.63) is 0 Å². The van der Waals surface area contributed by atoms with Gasteiger partial charge in [-0.1, -0.05) is 6.42 Å². The zero-order valence-corrected chi connectivity index (χ0v) is 11.8. The second-order valence-electron chi connectivity index (χ2n) is 6.11. The van der Waals surface area contributed by atoms with Gasteiger partial charge in [-0.25, -0.2) is 0 Å². The van der Waals surface area contributed by atoms with E-state index in [1.54, 1.807) is 0 Å². The van der Waals surface area contributed by atoms with Crippen LogP contribution in [0.4, 0.5) is 0 Å². The first-order valence-corrected chi connectivity index (χ1v) is 7.72. The summed E-state index contributed by atoms with van der Waals surface area (Å²) < 4.78 is 6.02. The van der Waals surface area contributed by atoms with Crippen LogP contribution in [0.25, 0.3) is 0 Å². The number of aliphatic hydroxyl groups is 1. The van der Waals surface area contributed by atoms with Crippen LogP contribution in [0.3, 0.4) is 0 Å². The Bertz CT molecular complexity index is 227. The van der Waals surface area contributed by atoms with Crippen molar-refractivity contribution in [2.45, 2.75) is 63.5 Å². The lowest BCUT2D eigenvalue weighted by Gasteiger charge is -2.33. The lowest BCUT2D eigenvalue weighted by molar-refractivity contribution is 0.0000684. The first-order chi connectivity index (χ1) is 8.79. The molecule has 18 heavy (non-hydrogen) atoms. The van der Waals surface area contributed by atoms with E-state index in [0.29, 0.717) is 18.6 Å². The minimum absolute atomic E-state index is 0.361. The molecule has 0 spiro atoms. The molecule has 2 rings (SSSR count). The van der Waals surface area contributed by atoms with Crippen LogP contribution < -0.4 is 0 Å². The standard InChI is InChI=1S/C15H29NO2/c1-16-10-3-2-4-14(16)9-11-18-15-7-5-13(12-17)6-8-15/h13-15,17H,2-12H2,1H3. The van der Waals surface area contributed by atoms with Gasteiger partial charge in [0, 0.05) is 19.3 Å². The van der Waals surface area contributed by atoms with Crippen LogP contribution in [0, 0.1) is 5.92 Å². The average molecular weight is 255 g/mol. The fourth-order valence-corrected chi connectivity index (χ4v) is 3.36. The summed E-state index contributed by atoms with van der Waals surface area (Å²) in [6, 6.07) is 0.743. The van der Waals surface area contributed by atoms with Crippen LogP contribution in [-0.4, -0.2) is 49.0 Å². The number of hydrogen-bond acceptors (Lipinski definition) is 3. The Balaban J connectivity index is 1.58. The highest BCUT2D eigenvalue weighted by molar-refractivity contribution is 4.75. The maximum atomic E-state index is 9.11. The van der Waals surface area contributed by atoms with E-state index in [1.807, 2.05) is 0 Å². The molecule has 2 aliphatic rings. The Labute approximate surface area is 112 Å². The molecular formula is C15H29NO2. The molecule has 0 bridgehead atoms. The molecule has 1 saturated carbocycles. The summed E-state index contributed by atoms with van der Waals surface area (Å²) in [6.45, 7) is 2.54. The van der Waals surface area contributed by atoms with Gasteiger partial charge in [-0.15, -0.1) is 0 Å². The zero-order chi connectivity index (χ0) is 12.8. The van der Waals surface area contributed by atoms with Gasteiger partial charge in [-0.2, -0.15) is 0 Å². The molecule has 0 aromatic carbocycles. The second kappa shape index (κ2) is 7.46. The first kappa shape index (κ1) is 14.3. The Morgan fingerprint density at radius 2 is 1.89 bits per heavy atom. The van der Waals surface area contributed by atoms with Gasteiger partial charge in [0.15, 0.2) is 0 Å². The third-order valence-electron chi connectivity index (χ3n) is 4.78. The molecule has 1 unspecified atom stereocenters. The second-order valence-corrected chi connectivity index (χ2v) is 6.11. The number of likely N-dealkylation sites (tertiary alicyclic amines) is 1. The number of aliphatic hydroxyl groups excluding tert-OH is 1. The highest BCUT2D eigenvalue weighted by atomic mass is 16.5. The molecule has 1 aliphatic carbocycles. The lowest BCUT2D eigenvalue weighted by Crippen LogP contribution is -2.37. The minimum Gasteiger partial charge on any atom is -0.396 e. The maximum absolute atomic E-state index is 9.11. The molecule has 3 heteroatoms. The highest BCUT2D eigenvalue weighted by Gasteiger charge is 2.22. The van der Waals surface area contributed by atoms with E-state index in [2.05, 4.69) is 11.9 Å². The maximum Gasteiger partial charge on any atom is 0.0575 e.